The molecule has 1 amide bonds. The Morgan fingerprint density at radius 3 is 2.88 bits per heavy atom. The standard InChI is InChI=1S/C19H25N3OS/c20-10-16-15-6-3-7-17(15)24-19(16)21-18(23)12-22-9-8-13-4-1-2-5-14(13)11-22/h13-14H,1-9,11-12H2,(H,21,23)/t13-,14-/m0/s1. The van der Waals surface area contributed by atoms with Crippen molar-refractivity contribution in [3.63, 3.8) is 0 Å². The average Bonchev–Trinajstić information content (AvgIpc) is 3.15. The van der Waals surface area contributed by atoms with Gasteiger partial charge < -0.3 is 5.32 Å². The monoisotopic (exact) mass is 343 g/mol. The zero-order valence-electron chi connectivity index (χ0n) is 14.1. The lowest BCUT2D eigenvalue weighted by molar-refractivity contribution is -0.118. The van der Waals surface area contributed by atoms with Gasteiger partial charge in [-0.25, -0.2) is 0 Å². The van der Waals surface area contributed by atoms with Gasteiger partial charge in [-0.15, -0.1) is 11.3 Å². The minimum atomic E-state index is 0.0423. The maximum atomic E-state index is 12.5. The van der Waals surface area contributed by atoms with E-state index in [4.69, 9.17) is 0 Å². The number of carbonyl (C=O) groups is 1. The maximum Gasteiger partial charge on any atom is 0.239 e. The van der Waals surface area contributed by atoms with E-state index in [2.05, 4.69) is 16.3 Å². The molecule has 2 fully saturated rings. The van der Waals surface area contributed by atoms with E-state index in [1.165, 1.54) is 42.5 Å². The van der Waals surface area contributed by atoms with Crippen molar-refractivity contribution in [3.05, 3.63) is 16.0 Å². The molecule has 1 aromatic rings. The van der Waals surface area contributed by atoms with Crippen LogP contribution < -0.4 is 5.32 Å². The number of aryl methyl sites for hydroxylation is 1. The van der Waals surface area contributed by atoms with Crippen LogP contribution in [-0.4, -0.2) is 30.4 Å². The van der Waals surface area contributed by atoms with Gasteiger partial charge in [-0.3, -0.25) is 9.69 Å². The van der Waals surface area contributed by atoms with Crippen LogP contribution in [0.2, 0.25) is 0 Å². The number of likely N-dealkylation sites (tertiary alicyclic amines) is 1. The summed E-state index contributed by atoms with van der Waals surface area (Å²) in [4.78, 5) is 16.1. The highest BCUT2D eigenvalue weighted by Gasteiger charge is 2.32. The highest BCUT2D eigenvalue weighted by atomic mass is 32.1. The molecule has 0 radical (unpaired) electrons. The first-order valence-electron chi connectivity index (χ1n) is 9.31. The van der Waals surface area contributed by atoms with E-state index in [0.717, 1.165) is 49.2 Å². The second kappa shape index (κ2) is 6.85. The van der Waals surface area contributed by atoms with E-state index in [1.54, 1.807) is 11.3 Å². The Balaban J connectivity index is 1.37. The van der Waals surface area contributed by atoms with Gasteiger partial charge in [0.2, 0.25) is 5.91 Å². The van der Waals surface area contributed by atoms with Crippen molar-refractivity contribution < 1.29 is 4.79 Å². The van der Waals surface area contributed by atoms with Crippen LogP contribution in [0.1, 0.15) is 54.5 Å². The predicted molar refractivity (Wildman–Crippen MR) is 96.2 cm³/mol. The number of nitriles is 1. The molecule has 0 aromatic carbocycles. The summed E-state index contributed by atoms with van der Waals surface area (Å²) in [5, 5.41) is 13.2. The molecule has 4 nitrogen and oxygen atoms in total. The van der Waals surface area contributed by atoms with Gasteiger partial charge in [0.25, 0.3) is 0 Å². The Labute approximate surface area is 147 Å². The fraction of sp³-hybridized carbons (Fsp3) is 0.684. The molecule has 1 saturated heterocycles. The third-order valence-corrected chi connectivity index (χ3v) is 7.24. The van der Waals surface area contributed by atoms with Crippen LogP contribution in [0.25, 0.3) is 0 Å². The van der Waals surface area contributed by atoms with Crippen molar-refractivity contribution in [2.45, 2.75) is 51.4 Å². The van der Waals surface area contributed by atoms with Crippen molar-refractivity contribution in [1.82, 2.24) is 4.90 Å². The van der Waals surface area contributed by atoms with Gasteiger partial charge in [0.05, 0.1) is 12.1 Å². The van der Waals surface area contributed by atoms with E-state index in [-0.39, 0.29) is 5.91 Å². The summed E-state index contributed by atoms with van der Waals surface area (Å²) in [6.45, 7) is 2.58. The number of piperidine rings is 1. The third kappa shape index (κ3) is 3.10. The number of rotatable bonds is 3. The molecule has 128 valence electrons. The Kier molecular flexibility index (Phi) is 4.60. The van der Waals surface area contributed by atoms with Gasteiger partial charge >= 0.3 is 0 Å². The second-order valence-electron chi connectivity index (χ2n) is 7.55. The number of carbonyl (C=O) groups excluding carboxylic acids is 1. The van der Waals surface area contributed by atoms with Gasteiger partial charge in [-0.2, -0.15) is 5.26 Å². The Morgan fingerprint density at radius 1 is 1.21 bits per heavy atom. The average molecular weight is 343 g/mol. The summed E-state index contributed by atoms with van der Waals surface area (Å²) in [6.07, 6.45) is 9.89. The number of nitrogens with zero attached hydrogens (tertiary/aromatic N) is 2. The van der Waals surface area contributed by atoms with Crippen molar-refractivity contribution in [1.29, 1.82) is 5.26 Å². The molecule has 1 N–H and O–H groups in total. The first-order chi connectivity index (χ1) is 11.7. The highest BCUT2D eigenvalue weighted by molar-refractivity contribution is 7.16. The molecule has 1 saturated carbocycles. The highest BCUT2D eigenvalue weighted by Crippen LogP contribution is 2.39. The Hall–Kier alpha value is -1.38. The van der Waals surface area contributed by atoms with Crippen molar-refractivity contribution >= 4 is 22.2 Å². The summed E-state index contributed by atoms with van der Waals surface area (Å²) in [5.74, 6) is 1.73. The minimum Gasteiger partial charge on any atom is -0.315 e. The molecular formula is C19H25N3OS. The zero-order chi connectivity index (χ0) is 16.5. The molecule has 2 atom stereocenters. The van der Waals surface area contributed by atoms with Crippen LogP contribution in [0.5, 0.6) is 0 Å². The fourth-order valence-electron chi connectivity index (χ4n) is 4.80. The third-order valence-electron chi connectivity index (χ3n) is 6.03. The number of hydrogen-bond acceptors (Lipinski definition) is 4. The van der Waals surface area contributed by atoms with Crippen LogP contribution in [-0.2, 0) is 17.6 Å². The van der Waals surface area contributed by atoms with E-state index < -0.39 is 0 Å². The minimum absolute atomic E-state index is 0.0423. The van der Waals surface area contributed by atoms with E-state index >= 15 is 0 Å². The number of fused-ring (bicyclic) bond motifs is 2. The van der Waals surface area contributed by atoms with Crippen LogP contribution in [0, 0.1) is 23.2 Å². The number of hydrogen-bond donors (Lipinski definition) is 1. The second-order valence-corrected chi connectivity index (χ2v) is 8.66. The fourth-order valence-corrected chi connectivity index (χ4v) is 6.06. The van der Waals surface area contributed by atoms with Gasteiger partial charge in [-0.1, -0.05) is 19.3 Å². The van der Waals surface area contributed by atoms with Crippen LogP contribution in [0.3, 0.4) is 0 Å². The largest absolute Gasteiger partial charge is 0.315 e. The molecular weight excluding hydrogens is 318 g/mol. The lowest BCUT2D eigenvalue weighted by atomic mass is 9.75. The summed E-state index contributed by atoms with van der Waals surface area (Å²) in [7, 11) is 0. The molecule has 4 rings (SSSR count). The van der Waals surface area contributed by atoms with E-state index in [1.807, 2.05) is 0 Å². The lowest BCUT2D eigenvalue weighted by Crippen LogP contribution is -2.44. The molecule has 2 aliphatic carbocycles. The van der Waals surface area contributed by atoms with Gasteiger partial charge in [0.1, 0.15) is 11.1 Å². The summed E-state index contributed by atoms with van der Waals surface area (Å²) in [5.41, 5.74) is 1.90. The van der Waals surface area contributed by atoms with Crippen molar-refractivity contribution in [2.75, 3.05) is 25.0 Å². The molecule has 0 bridgehead atoms. The number of thiophene rings is 1. The molecule has 0 unspecified atom stereocenters. The smallest absolute Gasteiger partial charge is 0.239 e. The van der Waals surface area contributed by atoms with Gasteiger partial charge in [0, 0.05) is 11.4 Å². The topological polar surface area (TPSA) is 56.1 Å². The Bertz CT molecular complexity index is 675. The summed E-state index contributed by atoms with van der Waals surface area (Å²) >= 11 is 1.61. The first kappa shape index (κ1) is 16.1. The number of nitrogens with one attached hydrogen (secondary N) is 1. The predicted octanol–water partition coefficient (Wildman–Crippen LogP) is 3.56. The van der Waals surface area contributed by atoms with E-state index in [9.17, 15) is 10.1 Å². The molecule has 5 heteroatoms. The van der Waals surface area contributed by atoms with Crippen LogP contribution in [0.15, 0.2) is 0 Å². The molecule has 2 heterocycles. The van der Waals surface area contributed by atoms with Crippen molar-refractivity contribution in [3.8, 4) is 6.07 Å². The summed E-state index contributed by atoms with van der Waals surface area (Å²) in [6, 6.07) is 2.30. The van der Waals surface area contributed by atoms with Crippen LogP contribution in [0.4, 0.5) is 5.00 Å². The Morgan fingerprint density at radius 2 is 2.04 bits per heavy atom. The molecule has 24 heavy (non-hydrogen) atoms. The van der Waals surface area contributed by atoms with Gasteiger partial charge in [0.15, 0.2) is 0 Å². The maximum absolute atomic E-state index is 12.5. The molecule has 1 aromatic heterocycles. The summed E-state index contributed by atoms with van der Waals surface area (Å²) < 4.78 is 0. The molecule has 3 aliphatic rings. The zero-order valence-corrected chi connectivity index (χ0v) is 15.0. The van der Waals surface area contributed by atoms with Crippen LogP contribution >= 0.6 is 11.3 Å². The number of amides is 1. The quantitative estimate of drug-likeness (QED) is 0.913. The molecule has 0 spiro atoms. The normalized spacial score (nSPS) is 26.5. The first-order valence-corrected chi connectivity index (χ1v) is 10.1. The van der Waals surface area contributed by atoms with Gasteiger partial charge in [-0.05, 0) is 56.0 Å². The van der Waals surface area contributed by atoms with E-state index in [0.29, 0.717) is 12.1 Å². The SMILES string of the molecule is N#Cc1c(NC(=O)CN2CC[C@@H]3CCCC[C@H]3C2)sc2c1CCC2. The lowest BCUT2D eigenvalue weighted by Gasteiger charge is -2.41. The number of anilines is 1. The van der Waals surface area contributed by atoms with Crippen molar-refractivity contribution in [2.24, 2.45) is 11.8 Å². The molecule has 1 aliphatic heterocycles.